The zero-order chi connectivity index (χ0) is 14.5. The molecule has 2 fully saturated rings. The lowest BCUT2D eigenvalue weighted by molar-refractivity contribution is -0.204. The quantitative estimate of drug-likeness (QED) is 0.722. The van der Waals surface area contributed by atoms with Crippen molar-refractivity contribution in [1.82, 2.24) is 0 Å². The van der Waals surface area contributed by atoms with Crippen LogP contribution in [0.2, 0.25) is 0 Å². The predicted octanol–water partition coefficient (Wildman–Crippen LogP) is 2.33. The Kier molecular flexibility index (Phi) is 3.79. The first-order valence-corrected chi connectivity index (χ1v) is 7.66. The Labute approximate surface area is 117 Å². The van der Waals surface area contributed by atoms with Crippen LogP contribution in [0.25, 0.3) is 0 Å². The average molecular weight is 270 g/mol. The number of hydrogen-bond donors (Lipinski definition) is 3. The second-order valence-corrected chi connectivity index (χ2v) is 8.02. The Morgan fingerprint density at radius 1 is 1.11 bits per heavy atom. The van der Waals surface area contributed by atoms with Gasteiger partial charge in [0.25, 0.3) is 0 Å². The lowest BCUT2D eigenvalue weighted by Gasteiger charge is -2.62. The molecule has 0 heterocycles. The summed E-state index contributed by atoms with van der Waals surface area (Å²) in [5.41, 5.74) is -0.691. The second kappa shape index (κ2) is 4.71. The molecule has 2 aliphatic carbocycles. The van der Waals surface area contributed by atoms with Gasteiger partial charge in [-0.1, -0.05) is 27.2 Å². The van der Waals surface area contributed by atoms with E-state index in [1.54, 1.807) is 0 Å². The van der Waals surface area contributed by atoms with Gasteiger partial charge in [-0.25, -0.2) is 0 Å². The molecule has 0 aliphatic heterocycles. The zero-order valence-corrected chi connectivity index (χ0v) is 12.8. The molecule has 2 saturated carbocycles. The normalized spacial score (nSPS) is 47.5. The first-order valence-electron chi connectivity index (χ1n) is 7.66. The summed E-state index contributed by atoms with van der Waals surface area (Å²) in [7, 11) is 0. The molecule has 112 valence electrons. The molecular formula is C16H30O3. The Balaban J connectivity index is 2.41. The molecule has 1 unspecified atom stereocenters. The van der Waals surface area contributed by atoms with Gasteiger partial charge in [0.15, 0.2) is 0 Å². The molecule has 0 aromatic rings. The largest absolute Gasteiger partial charge is 0.394 e. The van der Waals surface area contributed by atoms with Crippen molar-refractivity contribution in [2.75, 3.05) is 6.61 Å². The van der Waals surface area contributed by atoms with E-state index in [1.165, 1.54) is 6.42 Å². The molecule has 5 atom stereocenters. The molecule has 0 aromatic heterocycles. The number of fused-ring (bicyclic) bond motifs is 1. The van der Waals surface area contributed by atoms with Crippen LogP contribution < -0.4 is 0 Å². The van der Waals surface area contributed by atoms with Crippen molar-refractivity contribution >= 4 is 0 Å². The van der Waals surface area contributed by atoms with Crippen LogP contribution in [0, 0.1) is 22.7 Å². The van der Waals surface area contributed by atoms with Crippen LogP contribution >= 0.6 is 0 Å². The molecule has 0 saturated heterocycles. The predicted molar refractivity (Wildman–Crippen MR) is 75.7 cm³/mol. The summed E-state index contributed by atoms with van der Waals surface area (Å²) in [5.74, 6) is 0.281. The molecule has 2 aliphatic rings. The minimum Gasteiger partial charge on any atom is -0.394 e. The lowest BCUT2D eigenvalue weighted by Crippen LogP contribution is -2.61. The van der Waals surface area contributed by atoms with Gasteiger partial charge in [-0.15, -0.1) is 0 Å². The molecule has 3 N–H and O–H groups in total. The Hall–Kier alpha value is -0.120. The molecule has 3 heteroatoms. The summed E-state index contributed by atoms with van der Waals surface area (Å²) in [6.45, 7) is 8.42. The molecule has 19 heavy (non-hydrogen) atoms. The van der Waals surface area contributed by atoms with Crippen LogP contribution in [0.4, 0.5) is 0 Å². The van der Waals surface area contributed by atoms with Crippen molar-refractivity contribution in [3.8, 4) is 0 Å². The number of hydrogen-bond acceptors (Lipinski definition) is 3. The fourth-order valence-electron chi connectivity index (χ4n) is 5.52. The van der Waals surface area contributed by atoms with Crippen LogP contribution in [-0.4, -0.2) is 33.6 Å². The lowest BCUT2D eigenvalue weighted by atomic mass is 9.45. The number of aliphatic hydroxyl groups excluding tert-OH is 2. The summed E-state index contributed by atoms with van der Waals surface area (Å²) in [6, 6.07) is 0. The average Bonchev–Trinajstić information content (AvgIpc) is 2.25. The summed E-state index contributed by atoms with van der Waals surface area (Å²) >= 11 is 0. The monoisotopic (exact) mass is 270 g/mol. The van der Waals surface area contributed by atoms with Gasteiger partial charge >= 0.3 is 0 Å². The van der Waals surface area contributed by atoms with Gasteiger partial charge < -0.3 is 15.3 Å². The van der Waals surface area contributed by atoms with Gasteiger partial charge in [-0.2, -0.15) is 0 Å². The van der Waals surface area contributed by atoms with Crippen molar-refractivity contribution in [3.63, 3.8) is 0 Å². The summed E-state index contributed by atoms with van der Waals surface area (Å²) in [4.78, 5) is 0. The molecule has 2 rings (SSSR count). The van der Waals surface area contributed by atoms with Crippen molar-refractivity contribution in [1.29, 1.82) is 0 Å². The first-order chi connectivity index (χ1) is 8.65. The zero-order valence-electron chi connectivity index (χ0n) is 12.8. The van der Waals surface area contributed by atoms with Gasteiger partial charge in [0.05, 0.1) is 18.3 Å². The van der Waals surface area contributed by atoms with E-state index in [4.69, 9.17) is 0 Å². The third-order valence-electron chi connectivity index (χ3n) is 6.17. The van der Waals surface area contributed by atoms with Gasteiger partial charge in [-0.3, -0.25) is 0 Å². The maximum Gasteiger partial charge on any atom is 0.0831 e. The van der Waals surface area contributed by atoms with Crippen molar-refractivity contribution in [2.45, 2.75) is 71.5 Å². The Morgan fingerprint density at radius 2 is 1.74 bits per heavy atom. The highest BCUT2D eigenvalue weighted by Gasteiger charge is 2.59. The fraction of sp³-hybridized carbons (Fsp3) is 1.00. The molecule has 0 radical (unpaired) electrons. The summed E-state index contributed by atoms with van der Waals surface area (Å²) in [6.07, 6.45) is 4.32. The van der Waals surface area contributed by atoms with E-state index in [2.05, 4.69) is 20.8 Å². The summed E-state index contributed by atoms with van der Waals surface area (Å²) < 4.78 is 0. The Bertz CT molecular complexity index is 337. The van der Waals surface area contributed by atoms with Crippen LogP contribution in [0.5, 0.6) is 0 Å². The maximum absolute atomic E-state index is 10.7. The smallest absolute Gasteiger partial charge is 0.0831 e. The minimum atomic E-state index is -0.874. The van der Waals surface area contributed by atoms with Crippen molar-refractivity contribution < 1.29 is 15.3 Å². The highest BCUT2D eigenvalue weighted by molar-refractivity contribution is 5.09. The third kappa shape index (κ3) is 2.34. The van der Waals surface area contributed by atoms with Crippen molar-refractivity contribution in [3.05, 3.63) is 0 Å². The minimum absolute atomic E-state index is 0.0777. The van der Waals surface area contributed by atoms with E-state index >= 15 is 0 Å². The third-order valence-corrected chi connectivity index (χ3v) is 6.17. The van der Waals surface area contributed by atoms with E-state index in [0.717, 1.165) is 25.7 Å². The number of aliphatic hydroxyl groups is 3. The van der Waals surface area contributed by atoms with E-state index in [9.17, 15) is 15.3 Å². The van der Waals surface area contributed by atoms with Gasteiger partial charge in [0, 0.05) is 5.92 Å². The number of rotatable bonds is 2. The highest BCUT2D eigenvalue weighted by atomic mass is 16.3. The highest BCUT2D eigenvalue weighted by Crippen LogP contribution is 2.62. The molecule has 0 aromatic carbocycles. The van der Waals surface area contributed by atoms with Crippen LogP contribution in [0.15, 0.2) is 0 Å². The Morgan fingerprint density at radius 3 is 2.32 bits per heavy atom. The second-order valence-electron chi connectivity index (χ2n) is 8.02. The SMILES string of the molecule is CC1(C)CCC[C@]2(C)[C@@H](C(O)CO)[C@](C)(O)CC[C@@H]12. The van der Waals surface area contributed by atoms with Crippen LogP contribution in [0.3, 0.4) is 0 Å². The molecule has 0 spiro atoms. The molecule has 0 bridgehead atoms. The van der Waals surface area contributed by atoms with Gasteiger partial charge in [0.1, 0.15) is 0 Å². The fourth-order valence-corrected chi connectivity index (χ4v) is 5.52. The van der Waals surface area contributed by atoms with Gasteiger partial charge in [-0.05, 0) is 49.4 Å². The maximum atomic E-state index is 10.7. The van der Waals surface area contributed by atoms with Gasteiger partial charge in [0.2, 0.25) is 0 Å². The first kappa shape index (κ1) is 15.3. The molecule has 0 amide bonds. The van der Waals surface area contributed by atoms with Crippen LogP contribution in [0.1, 0.15) is 59.8 Å². The molecular weight excluding hydrogens is 240 g/mol. The standard InChI is InChI=1S/C16H30O3/c1-14(2)7-5-8-15(3)12(14)6-9-16(4,19)13(15)11(18)10-17/h11-13,17-19H,5-10H2,1-4H3/t11?,12-,13+,15-,16+/m0/s1. The van der Waals surface area contributed by atoms with E-state index in [0.29, 0.717) is 5.92 Å². The van der Waals surface area contributed by atoms with E-state index < -0.39 is 11.7 Å². The summed E-state index contributed by atoms with van der Waals surface area (Å²) in [5, 5.41) is 30.4. The van der Waals surface area contributed by atoms with Crippen molar-refractivity contribution in [2.24, 2.45) is 22.7 Å². The van der Waals surface area contributed by atoms with E-state index in [1.807, 2.05) is 6.92 Å². The van der Waals surface area contributed by atoms with Crippen LogP contribution in [-0.2, 0) is 0 Å². The molecule has 3 nitrogen and oxygen atoms in total. The topological polar surface area (TPSA) is 60.7 Å². The van der Waals surface area contributed by atoms with E-state index in [-0.39, 0.29) is 23.4 Å².